The summed E-state index contributed by atoms with van der Waals surface area (Å²) in [5, 5.41) is 20.1. The van der Waals surface area contributed by atoms with Crippen molar-refractivity contribution in [2.24, 2.45) is 11.3 Å². The fourth-order valence-electron chi connectivity index (χ4n) is 3.01. The van der Waals surface area contributed by atoms with Crippen molar-refractivity contribution in [1.82, 2.24) is 0 Å². The summed E-state index contributed by atoms with van der Waals surface area (Å²) < 4.78 is 0. The summed E-state index contributed by atoms with van der Waals surface area (Å²) in [4.78, 5) is 2.02. The monoisotopic (exact) mass is 258 g/mol. The molecule has 3 atom stereocenters. The van der Waals surface area contributed by atoms with E-state index < -0.39 is 11.5 Å². The van der Waals surface area contributed by atoms with E-state index in [0.29, 0.717) is 5.92 Å². The second-order valence-electron chi connectivity index (χ2n) is 6.00. The van der Waals surface area contributed by atoms with Crippen molar-refractivity contribution in [3.63, 3.8) is 0 Å². The number of benzene rings is 1. The van der Waals surface area contributed by atoms with Gasteiger partial charge >= 0.3 is 0 Å². The largest absolute Gasteiger partial charge is 0.387 e. The molecule has 19 heavy (non-hydrogen) atoms. The van der Waals surface area contributed by atoms with Crippen molar-refractivity contribution in [2.75, 3.05) is 19.0 Å². The standard InChI is InChI=1S/C16H22N2O/c1-12-8-9-16(10-12,11-17)15(19)13-4-6-14(7-5-13)18(2)3/h4-7,12,15,19H,8-10H2,1-3H3. The van der Waals surface area contributed by atoms with Gasteiger partial charge in [0.2, 0.25) is 0 Å². The Morgan fingerprint density at radius 1 is 1.37 bits per heavy atom. The van der Waals surface area contributed by atoms with Crippen LogP contribution in [0.5, 0.6) is 0 Å². The van der Waals surface area contributed by atoms with Gasteiger partial charge in [0, 0.05) is 19.8 Å². The van der Waals surface area contributed by atoms with Crippen LogP contribution in [0.1, 0.15) is 37.9 Å². The topological polar surface area (TPSA) is 47.3 Å². The van der Waals surface area contributed by atoms with E-state index in [-0.39, 0.29) is 0 Å². The van der Waals surface area contributed by atoms with Crippen LogP contribution in [0.3, 0.4) is 0 Å². The molecule has 0 radical (unpaired) electrons. The van der Waals surface area contributed by atoms with E-state index in [1.165, 1.54) is 0 Å². The van der Waals surface area contributed by atoms with E-state index in [9.17, 15) is 10.4 Å². The first-order valence-corrected chi connectivity index (χ1v) is 6.85. The lowest BCUT2D eigenvalue weighted by atomic mass is 9.78. The van der Waals surface area contributed by atoms with Gasteiger partial charge in [0.15, 0.2) is 0 Å². The molecule has 1 N–H and O–H groups in total. The number of rotatable bonds is 3. The number of aliphatic hydroxyl groups excluding tert-OH is 1. The Morgan fingerprint density at radius 3 is 2.42 bits per heavy atom. The Labute approximate surface area is 115 Å². The Bertz CT molecular complexity index is 475. The zero-order chi connectivity index (χ0) is 14.0. The van der Waals surface area contributed by atoms with E-state index in [0.717, 1.165) is 30.5 Å². The minimum atomic E-state index is -0.682. The Kier molecular flexibility index (Phi) is 3.82. The maximum absolute atomic E-state index is 10.6. The van der Waals surface area contributed by atoms with Crippen LogP contribution >= 0.6 is 0 Å². The molecule has 1 fully saturated rings. The van der Waals surface area contributed by atoms with E-state index in [1.807, 2.05) is 43.3 Å². The fraction of sp³-hybridized carbons (Fsp3) is 0.562. The van der Waals surface area contributed by atoms with Crippen LogP contribution in [0.15, 0.2) is 24.3 Å². The maximum Gasteiger partial charge on any atom is 0.0976 e. The lowest BCUT2D eigenvalue weighted by Crippen LogP contribution is -2.24. The van der Waals surface area contributed by atoms with Crippen LogP contribution in [0.2, 0.25) is 0 Å². The van der Waals surface area contributed by atoms with E-state index in [4.69, 9.17) is 0 Å². The van der Waals surface area contributed by atoms with Gasteiger partial charge in [-0.1, -0.05) is 19.1 Å². The molecule has 0 heterocycles. The highest BCUT2D eigenvalue weighted by Crippen LogP contribution is 2.49. The molecule has 2 rings (SSSR count). The summed E-state index contributed by atoms with van der Waals surface area (Å²) in [6.45, 7) is 2.15. The normalized spacial score (nSPS) is 27.8. The van der Waals surface area contributed by atoms with Crippen molar-refractivity contribution in [1.29, 1.82) is 5.26 Å². The molecule has 3 heteroatoms. The molecule has 1 aromatic carbocycles. The summed E-state index contributed by atoms with van der Waals surface area (Å²) in [6, 6.07) is 10.2. The summed E-state index contributed by atoms with van der Waals surface area (Å²) >= 11 is 0. The lowest BCUT2D eigenvalue weighted by Gasteiger charge is -2.28. The molecule has 1 aliphatic carbocycles. The highest BCUT2D eigenvalue weighted by atomic mass is 16.3. The highest BCUT2D eigenvalue weighted by molar-refractivity contribution is 5.46. The predicted octanol–water partition coefficient (Wildman–Crippen LogP) is 3.12. The van der Waals surface area contributed by atoms with Crippen LogP contribution in [0, 0.1) is 22.7 Å². The number of aliphatic hydroxyl groups is 1. The second kappa shape index (κ2) is 5.22. The quantitative estimate of drug-likeness (QED) is 0.906. The molecule has 0 amide bonds. The summed E-state index contributed by atoms with van der Waals surface area (Å²) in [5.74, 6) is 0.523. The second-order valence-corrected chi connectivity index (χ2v) is 6.00. The minimum Gasteiger partial charge on any atom is -0.387 e. The summed E-state index contributed by atoms with van der Waals surface area (Å²) in [5.41, 5.74) is 1.35. The Hall–Kier alpha value is -1.53. The molecule has 1 saturated carbocycles. The predicted molar refractivity (Wildman–Crippen MR) is 76.8 cm³/mol. The van der Waals surface area contributed by atoms with Crippen molar-refractivity contribution < 1.29 is 5.11 Å². The molecule has 0 spiro atoms. The molecule has 3 unspecified atom stereocenters. The molecule has 0 saturated heterocycles. The molecule has 0 aliphatic heterocycles. The van der Waals surface area contributed by atoms with Gasteiger partial charge in [-0.2, -0.15) is 5.26 Å². The summed E-state index contributed by atoms with van der Waals surface area (Å²) in [6.07, 6.45) is 1.93. The smallest absolute Gasteiger partial charge is 0.0976 e. The van der Waals surface area contributed by atoms with Gasteiger partial charge in [-0.25, -0.2) is 0 Å². The molecule has 102 valence electrons. The Balaban J connectivity index is 2.23. The zero-order valence-corrected chi connectivity index (χ0v) is 11.9. The molecule has 0 aromatic heterocycles. The average molecular weight is 258 g/mol. The average Bonchev–Trinajstić information content (AvgIpc) is 2.81. The van der Waals surface area contributed by atoms with Crippen LogP contribution in [0.25, 0.3) is 0 Å². The van der Waals surface area contributed by atoms with Gasteiger partial charge in [0.1, 0.15) is 0 Å². The van der Waals surface area contributed by atoms with Gasteiger partial charge in [0.25, 0.3) is 0 Å². The molecule has 1 aliphatic rings. The van der Waals surface area contributed by atoms with Gasteiger partial charge in [-0.15, -0.1) is 0 Å². The molecular weight excluding hydrogens is 236 g/mol. The number of nitrogens with zero attached hydrogens (tertiary/aromatic N) is 2. The SMILES string of the molecule is CC1CCC(C#N)(C(O)c2ccc(N(C)C)cc2)C1. The number of hydrogen-bond acceptors (Lipinski definition) is 3. The maximum atomic E-state index is 10.6. The first kappa shape index (κ1) is 13.9. The van der Waals surface area contributed by atoms with Gasteiger partial charge in [-0.05, 0) is 42.9 Å². The molecule has 0 bridgehead atoms. The van der Waals surface area contributed by atoms with E-state index in [2.05, 4.69) is 13.0 Å². The van der Waals surface area contributed by atoms with Crippen molar-refractivity contribution in [2.45, 2.75) is 32.3 Å². The zero-order valence-electron chi connectivity index (χ0n) is 11.9. The number of hydrogen-bond donors (Lipinski definition) is 1. The highest BCUT2D eigenvalue weighted by Gasteiger charge is 2.44. The van der Waals surface area contributed by atoms with E-state index >= 15 is 0 Å². The first-order chi connectivity index (χ1) is 8.98. The van der Waals surface area contributed by atoms with Crippen LogP contribution in [0.4, 0.5) is 5.69 Å². The van der Waals surface area contributed by atoms with E-state index in [1.54, 1.807) is 0 Å². The third-order valence-electron chi connectivity index (χ3n) is 4.27. The molecular formula is C16H22N2O. The number of anilines is 1. The fourth-order valence-corrected chi connectivity index (χ4v) is 3.01. The molecule has 1 aromatic rings. The van der Waals surface area contributed by atoms with Gasteiger partial charge in [-0.3, -0.25) is 0 Å². The third kappa shape index (κ3) is 2.59. The third-order valence-corrected chi connectivity index (χ3v) is 4.27. The Morgan fingerprint density at radius 2 is 2.00 bits per heavy atom. The van der Waals surface area contributed by atoms with Crippen LogP contribution in [-0.4, -0.2) is 19.2 Å². The van der Waals surface area contributed by atoms with Crippen LogP contribution < -0.4 is 4.90 Å². The van der Waals surface area contributed by atoms with Gasteiger partial charge in [0.05, 0.1) is 17.6 Å². The number of nitriles is 1. The minimum absolute atomic E-state index is 0.523. The first-order valence-electron chi connectivity index (χ1n) is 6.85. The lowest BCUT2D eigenvalue weighted by molar-refractivity contribution is 0.0647. The van der Waals surface area contributed by atoms with Gasteiger partial charge < -0.3 is 10.0 Å². The summed E-state index contributed by atoms with van der Waals surface area (Å²) in [7, 11) is 3.97. The van der Waals surface area contributed by atoms with Crippen molar-refractivity contribution in [3.05, 3.63) is 29.8 Å². The van der Waals surface area contributed by atoms with Crippen molar-refractivity contribution >= 4 is 5.69 Å². The van der Waals surface area contributed by atoms with Crippen LogP contribution in [-0.2, 0) is 0 Å². The molecule has 3 nitrogen and oxygen atoms in total. The van der Waals surface area contributed by atoms with Crippen molar-refractivity contribution in [3.8, 4) is 6.07 Å².